The highest BCUT2D eigenvalue weighted by Gasteiger charge is 2.07. The van der Waals surface area contributed by atoms with E-state index in [1.165, 1.54) is 6.07 Å². The molecule has 0 saturated heterocycles. The van der Waals surface area contributed by atoms with Gasteiger partial charge in [-0.15, -0.1) is 5.10 Å². The number of anilines is 2. The monoisotopic (exact) mass is 337 g/mol. The normalized spacial score (nSPS) is 11.8. The van der Waals surface area contributed by atoms with Crippen molar-refractivity contribution in [2.75, 3.05) is 17.2 Å². The van der Waals surface area contributed by atoms with E-state index >= 15 is 0 Å². The van der Waals surface area contributed by atoms with E-state index in [4.69, 9.17) is 0 Å². The van der Waals surface area contributed by atoms with Gasteiger partial charge in [-0.25, -0.2) is 4.39 Å². The molecule has 0 aliphatic carbocycles. The van der Waals surface area contributed by atoms with Crippen molar-refractivity contribution < 1.29 is 4.39 Å². The Bertz CT molecular complexity index is 810. The van der Waals surface area contributed by atoms with E-state index in [-0.39, 0.29) is 11.9 Å². The van der Waals surface area contributed by atoms with E-state index in [1.807, 2.05) is 24.3 Å². The van der Waals surface area contributed by atoms with E-state index in [0.29, 0.717) is 30.3 Å². The lowest BCUT2D eigenvalue weighted by molar-refractivity contribution is 0.610. The van der Waals surface area contributed by atoms with Crippen molar-refractivity contribution in [3.63, 3.8) is 0 Å². The number of benzene rings is 2. The number of rotatable bonds is 7. The summed E-state index contributed by atoms with van der Waals surface area (Å²) in [6.07, 6.45) is 2.13. The van der Waals surface area contributed by atoms with E-state index in [1.54, 1.807) is 18.3 Å². The van der Waals surface area contributed by atoms with Gasteiger partial charge >= 0.3 is 0 Å². The molecular formula is C19H20FN5. The van der Waals surface area contributed by atoms with Crippen molar-refractivity contribution in [2.24, 2.45) is 0 Å². The Kier molecular flexibility index (Phi) is 5.51. The van der Waals surface area contributed by atoms with Crippen LogP contribution < -0.4 is 10.6 Å². The molecule has 0 bridgehead atoms. The summed E-state index contributed by atoms with van der Waals surface area (Å²) < 4.78 is 13.6. The third kappa shape index (κ3) is 4.73. The third-order valence-corrected chi connectivity index (χ3v) is 3.86. The Balaban J connectivity index is 1.57. The molecule has 3 rings (SSSR count). The van der Waals surface area contributed by atoms with Gasteiger partial charge in [-0.2, -0.15) is 10.1 Å². The number of aromatic nitrogens is 3. The summed E-state index contributed by atoms with van der Waals surface area (Å²) in [5.41, 5.74) is 1.82. The van der Waals surface area contributed by atoms with Gasteiger partial charge in [-0.05, 0) is 30.5 Å². The van der Waals surface area contributed by atoms with Crippen LogP contribution in [0.25, 0.3) is 0 Å². The lowest BCUT2D eigenvalue weighted by atomic mass is 10.1. The largest absolute Gasteiger partial charge is 0.362 e. The van der Waals surface area contributed by atoms with Crippen molar-refractivity contribution in [3.05, 3.63) is 77.7 Å². The fourth-order valence-corrected chi connectivity index (χ4v) is 2.50. The van der Waals surface area contributed by atoms with Crippen LogP contribution in [0.1, 0.15) is 24.1 Å². The summed E-state index contributed by atoms with van der Waals surface area (Å²) in [7, 11) is 0. The molecular weight excluding hydrogens is 317 g/mol. The van der Waals surface area contributed by atoms with Gasteiger partial charge in [-0.1, -0.05) is 48.5 Å². The number of hydrogen-bond acceptors (Lipinski definition) is 5. The summed E-state index contributed by atoms with van der Waals surface area (Å²) in [5, 5.41) is 14.3. The molecule has 6 heteroatoms. The Morgan fingerprint density at radius 1 is 1.04 bits per heavy atom. The molecule has 3 aromatic rings. The fourth-order valence-electron chi connectivity index (χ4n) is 2.50. The highest BCUT2D eigenvalue weighted by atomic mass is 19.1. The first-order valence-electron chi connectivity index (χ1n) is 8.21. The first-order valence-corrected chi connectivity index (χ1v) is 8.21. The van der Waals surface area contributed by atoms with Crippen molar-refractivity contribution in [1.82, 2.24) is 15.2 Å². The SMILES string of the molecule is CC(Nc1cnnc(NCCc2ccccc2F)n1)c1ccccc1. The van der Waals surface area contributed by atoms with E-state index in [0.717, 1.165) is 5.56 Å². The first kappa shape index (κ1) is 16.8. The molecule has 0 saturated carbocycles. The van der Waals surface area contributed by atoms with Gasteiger partial charge in [0.2, 0.25) is 5.95 Å². The van der Waals surface area contributed by atoms with E-state index < -0.39 is 0 Å². The molecule has 0 amide bonds. The zero-order valence-electron chi connectivity index (χ0n) is 14.0. The zero-order chi connectivity index (χ0) is 17.5. The van der Waals surface area contributed by atoms with Crippen LogP contribution in [0, 0.1) is 5.82 Å². The standard InChI is InChI=1S/C19H20FN5/c1-14(15-7-3-2-4-8-15)23-18-13-22-25-19(24-18)21-12-11-16-9-5-6-10-17(16)20/h2-10,13-14H,11-12H2,1H3,(H2,21,23,24,25). The minimum absolute atomic E-state index is 0.101. The predicted octanol–water partition coefficient (Wildman–Crippen LogP) is 3.84. The summed E-state index contributed by atoms with van der Waals surface area (Å²) in [4.78, 5) is 4.40. The van der Waals surface area contributed by atoms with Crippen molar-refractivity contribution in [3.8, 4) is 0 Å². The maximum Gasteiger partial charge on any atom is 0.244 e. The maximum atomic E-state index is 13.6. The smallest absolute Gasteiger partial charge is 0.244 e. The van der Waals surface area contributed by atoms with Crippen LogP contribution in [-0.2, 0) is 6.42 Å². The van der Waals surface area contributed by atoms with Gasteiger partial charge in [-0.3, -0.25) is 0 Å². The first-order chi connectivity index (χ1) is 12.2. The third-order valence-electron chi connectivity index (χ3n) is 3.86. The number of hydrogen-bond donors (Lipinski definition) is 2. The molecule has 1 aromatic heterocycles. The second-order valence-electron chi connectivity index (χ2n) is 5.71. The highest BCUT2D eigenvalue weighted by molar-refractivity contribution is 5.40. The second kappa shape index (κ2) is 8.19. The zero-order valence-corrected chi connectivity index (χ0v) is 14.0. The summed E-state index contributed by atoms with van der Waals surface area (Å²) >= 11 is 0. The fraction of sp³-hybridized carbons (Fsp3) is 0.211. The van der Waals surface area contributed by atoms with Crippen LogP contribution in [0.3, 0.4) is 0 Å². The molecule has 2 N–H and O–H groups in total. The summed E-state index contributed by atoms with van der Waals surface area (Å²) in [6.45, 7) is 2.59. The van der Waals surface area contributed by atoms with Gasteiger partial charge in [0.1, 0.15) is 5.82 Å². The minimum Gasteiger partial charge on any atom is -0.362 e. The molecule has 0 spiro atoms. The van der Waals surface area contributed by atoms with Crippen LogP contribution in [0.5, 0.6) is 0 Å². The Labute approximate surface area is 146 Å². The van der Waals surface area contributed by atoms with Crippen molar-refractivity contribution in [1.29, 1.82) is 0 Å². The van der Waals surface area contributed by atoms with Crippen LogP contribution >= 0.6 is 0 Å². The van der Waals surface area contributed by atoms with Crippen LogP contribution in [0.2, 0.25) is 0 Å². The Morgan fingerprint density at radius 2 is 1.80 bits per heavy atom. The summed E-state index contributed by atoms with van der Waals surface area (Å²) in [6, 6.07) is 16.9. The molecule has 0 radical (unpaired) electrons. The topological polar surface area (TPSA) is 62.7 Å². The Morgan fingerprint density at radius 3 is 2.60 bits per heavy atom. The molecule has 128 valence electrons. The molecule has 0 aliphatic heterocycles. The van der Waals surface area contributed by atoms with Crippen LogP contribution in [-0.4, -0.2) is 21.7 Å². The molecule has 1 atom stereocenters. The minimum atomic E-state index is -0.199. The molecule has 0 fully saturated rings. The molecule has 0 aliphatic rings. The molecule has 2 aromatic carbocycles. The van der Waals surface area contributed by atoms with E-state index in [9.17, 15) is 4.39 Å². The van der Waals surface area contributed by atoms with Gasteiger partial charge in [0, 0.05) is 12.6 Å². The van der Waals surface area contributed by atoms with E-state index in [2.05, 4.69) is 44.9 Å². The van der Waals surface area contributed by atoms with Crippen LogP contribution in [0.4, 0.5) is 16.2 Å². The molecule has 25 heavy (non-hydrogen) atoms. The lowest BCUT2D eigenvalue weighted by Gasteiger charge is -2.15. The van der Waals surface area contributed by atoms with Gasteiger partial charge < -0.3 is 10.6 Å². The van der Waals surface area contributed by atoms with Gasteiger partial charge in [0.25, 0.3) is 0 Å². The highest BCUT2D eigenvalue weighted by Crippen LogP contribution is 2.17. The van der Waals surface area contributed by atoms with Gasteiger partial charge in [0.15, 0.2) is 5.82 Å². The maximum absolute atomic E-state index is 13.6. The molecule has 1 heterocycles. The number of nitrogens with one attached hydrogen (secondary N) is 2. The number of halogens is 1. The average Bonchev–Trinajstić information content (AvgIpc) is 2.64. The average molecular weight is 337 g/mol. The molecule has 1 unspecified atom stereocenters. The van der Waals surface area contributed by atoms with Crippen molar-refractivity contribution >= 4 is 11.8 Å². The second-order valence-corrected chi connectivity index (χ2v) is 5.71. The van der Waals surface area contributed by atoms with Gasteiger partial charge in [0.05, 0.1) is 6.20 Å². The molecule has 5 nitrogen and oxygen atoms in total. The summed E-state index contributed by atoms with van der Waals surface area (Å²) in [5.74, 6) is 0.858. The van der Waals surface area contributed by atoms with Crippen molar-refractivity contribution in [2.45, 2.75) is 19.4 Å². The predicted molar refractivity (Wildman–Crippen MR) is 96.9 cm³/mol. The Hall–Kier alpha value is -3.02. The number of nitrogens with zero attached hydrogens (tertiary/aromatic N) is 3. The lowest BCUT2D eigenvalue weighted by Crippen LogP contribution is -2.12. The van der Waals surface area contributed by atoms with Crippen LogP contribution in [0.15, 0.2) is 60.8 Å². The quantitative estimate of drug-likeness (QED) is 0.686.